The fourth-order valence-electron chi connectivity index (χ4n) is 3.43. The Kier molecular flexibility index (Phi) is 4.96. The van der Waals surface area contributed by atoms with Crippen molar-refractivity contribution in [1.82, 2.24) is 4.90 Å². The van der Waals surface area contributed by atoms with E-state index in [0.717, 1.165) is 11.1 Å². The zero-order valence-corrected chi connectivity index (χ0v) is 16.0. The number of nitrogens with one attached hydrogen (secondary N) is 1. The van der Waals surface area contributed by atoms with Gasteiger partial charge in [-0.3, -0.25) is 19.3 Å². The third-order valence-electron chi connectivity index (χ3n) is 5.09. The largest absolute Gasteiger partial charge is 0.322 e. The maximum atomic E-state index is 12.8. The Morgan fingerprint density at radius 3 is 2.31 bits per heavy atom. The van der Waals surface area contributed by atoms with Gasteiger partial charge in [0, 0.05) is 17.8 Å². The lowest BCUT2D eigenvalue weighted by molar-refractivity contribution is 0.0656. The van der Waals surface area contributed by atoms with Gasteiger partial charge in [0.1, 0.15) is 0 Å². The lowest BCUT2D eigenvalue weighted by Crippen LogP contribution is -2.31. The average Bonchev–Trinajstić information content (AvgIpc) is 2.98. The molecule has 0 atom stereocenters. The van der Waals surface area contributed by atoms with Crippen LogP contribution in [0.2, 0.25) is 0 Å². The van der Waals surface area contributed by atoms with Crippen LogP contribution in [0.4, 0.5) is 5.69 Å². The Morgan fingerprint density at radius 1 is 0.862 bits per heavy atom. The smallest absolute Gasteiger partial charge is 0.261 e. The Labute approximate surface area is 169 Å². The van der Waals surface area contributed by atoms with Crippen LogP contribution in [-0.4, -0.2) is 29.2 Å². The van der Waals surface area contributed by atoms with E-state index in [1.807, 2.05) is 61.5 Å². The van der Waals surface area contributed by atoms with Gasteiger partial charge in [-0.2, -0.15) is 0 Å². The van der Waals surface area contributed by atoms with Crippen molar-refractivity contribution in [3.05, 3.63) is 101 Å². The second kappa shape index (κ2) is 7.72. The van der Waals surface area contributed by atoms with Crippen LogP contribution in [0, 0.1) is 6.92 Å². The fourth-order valence-corrected chi connectivity index (χ4v) is 3.43. The van der Waals surface area contributed by atoms with E-state index in [1.54, 1.807) is 12.1 Å². The van der Waals surface area contributed by atoms with Gasteiger partial charge in [-0.05, 0) is 48.7 Å². The van der Waals surface area contributed by atoms with Gasteiger partial charge in [0.05, 0.1) is 11.1 Å². The van der Waals surface area contributed by atoms with Crippen molar-refractivity contribution < 1.29 is 14.4 Å². The van der Waals surface area contributed by atoms with Gasteiger partial charge in [0.15, 0.2) is 0 Å². The Morgan fingerprint density at radius 2 is 1.55 bits per heavy atom. The summed E-state index contributed by atoms with van der Waals surface area (Å²) in [6, 6.07) is 21.8. The van der Waals surface area contributed by atoms with Crippen LogP contribution >= 0.6 is 0 Å². The van der Waals surface area contributed by atoms with Crippen LogP contribution < -0.4 is 5.32 Å². The van der Waals surface area contributed by atoms with Crippen molar-refractivity contribution in [3.63, 3.8) is 0 Å². The predicted molar refractivity (Wildman–Crippen MR) is 111 cm³/mol. The molecule has 0 aromatic heterocycles. The molecule has 0 aliphatic carbocycles. The second-order valence-corrected chi connectivity index (χ2v) is 7.03. The number of carbonyl (C=O) groups excluding carboxylic acids is 3. The molecule has 0 saturated carbocycles. The van der Waals surface area contributed by atoms with E-state index in [0.29, 0.717) is 29.8 Å². The van der Waals surface area contributed by atoms with E-state index in [1.165, 1.54) is 11.0 Å². The molecule has 0 bridgehead atoms. The molecule has 0 radical (unpaired) electrons. The summed E-state index contributed by atoms with van der Waals surface area (Å²) in [5.41, 5.74) is 3.68. The molecular weight excluding hydrogens is 364 g/mol. The Balaban J connectivity index is 1.52. The summed E-state index contributed by atoms with van der Waals surface area (Å²) >= 11 is 0. The van der Waals surface area contributed by atoms with Crippen LogP contribution in [0.5, 0.6) is 0 Å². The highest BCUT2D eigenvalue weighted by atomic mass is 16.2. The Hall–Kier alpha value is -3.73. The zero-order chi connectivity index (χ0) is 20.4. The van der Waals surface area contributed by atoms with Gasteiger partial charge >= 0.3 is 0 Å². The van der Waals surface area contributed by atoms with Crippen LogP contribution in [0.15, 0.2) is 72.8 Å². The molecular formula is C24H20N2O3. The number of anilines is 1. The van der Waals surface area contributed by atoms with Crippen molar-refractivity contribution in [3.8, 4) is 0 Å². The molecule has 0 unspecified atom stereocenters. The topological polar surface area (TPSA) is 66.5 Å². The molecule has 1 heterocycles. The summed E-state index contributed by atoms with van der Waals surface area (Å²) in [5.74, 6) is -0.983. The Bertz CT molecular complexity index is 1110. The molecule has 5 nitrogen and oxygen atoms in total. The van der Waals surface area contributed by atoms with Crippen LogP contribution in [0.3, 0.4) is 0 Å². The minimum absolute atomic E-state index is 0.278. The van der Waals surface area contributed by atoms with E-state index in [-0.39, 0.29) is 23.3 Å². The molecule has 3 aromatic rings. The molecule has 1 N–H and O–H groups in total. The van der Waals surface area contributed by atoms with Gasteiger partial charge in [-0.1, -0.05) is 48.5 Å². The van der Waals surface area contributed by atoms with Crippen LogP contribution in [0.1, 0.15) is 42.2 Å². The number of benzene rings is 3. The monoisotopic (exact) mass is 384 g/mol. The van der Waals surface area contributed by atoms with Crippen molar-refractivity contribution in [2.24, 2.45) is 0 Å². The van der Waals surface area contributed by atoms with Crippen molar-refractivity contribution in [2.75, 3.05) is 11.9 Å². The maximum Gasteiger partial charge on any atom is 0.261 e. The number of hydrogen-bond donors (Lipinski definition) is 1. The minimum atomic E-state index is -0.355. The summed E-state index contributed by atoms with van der Waals surface area (Å²) in [5, 5.41) is 2.85. The molecule has 4 rings (SSSR count). The molecule has 1 aliphatic heterocycles. The molecule has 3 aromatic carbocycles. The molecule has 5 heteroatoms. The standard InChI is InChI=1S/C24H20N2O3/c1-16-7-5-6-10-21(16)25-22(27)18-11-12-19-20(15-18)24(29)26(23(19)28)14-13-17-8-3-2-4-9-17/h2-12,15H,13-14H2,1H3,(H,25,27). The maximum absolute atomic E-state index is 12.8. The summed E-state index contributed by atoms with van der Waals surface area (Å²) in [6.07, 6.45) is 0.590. The molecule has 0 fully saturated rings. The van der Waals surface area contributed by atoms with Crippen molar-refractivity contribution in [2.45, 2.75) is 13.3 Å². The van der Waals surface area contributed by atoms with Crippen LogP contribution in [-0.2, 0) is 6.42 Å². The van der Waals surface area contributed by atoms with Gasteiger partial charge in [-0.25, -0.2) is 0 Å². The summed E-state index contributed by atoms with van der Waals surface area (Å²) in [7, 11) is 0. The van der Waals surface area contributed by atoms with Gasteiger partial charge < -0.3 is 5.32 Å². The van der Waals surface area contributed by atoms with E-state index in [2.05, 4.69) is 5.32 Å². The number of para-hydroxylation sites is 1. The number of imide groups is 1. The first-order valence-corrected chi connectivity index (χ1v) is 9.46. The molecule has 0 saturated heterocycles. The van der Waals surface area contributed by atoms with E-state index in [9.17, 15) is 14.4 Å². The third-order valence-corrected chi connectivity index (χ3v) is 5.09. The average molecular weight is 384 g/mol. The summed E-state index contributed by atoms with van der Waals surface area (Å²) < 4.78 is 0. The molecule has 0 spiro atoms. The molecule has 29 heavy (non-hydrogen) atoms. The number of rotatable bonds is 5. The first kappa shape index (κ1) is 18.6. The molecule has 1 aliphatic rings. The minimum Gasteiger partial charge on any atom is -0.322 e. The van der Waals surface area contributed by atoms with Gasteiger partial charge in [0.25, 0.3) is 17.7 Å². The number of hydrogen-bond acceptors (Lipinski definition) is 3. The lowest BCUT2D eigenvalue weighted by atomic mass is 10.0. The highest BCUT2D eigenvalue weighted by molar-refractivity contribution is 6.22. The zero-order valence-electron chi connectivity index (χ0n) is 16.0. The molecule has 144 valence electrons. The molecule has 3 amide bonds. The number of nitrogens with zero attached hydrogens (tertiary/aromatic N) is 1. The summed E-state index contributed by atoms with van der Waals surface area (Å²) in [6.45, 7) is 2.21. The van der Waals surface area contributed by atoms with E-state index < -0.39 is 0 Å². The number of aryl methyl sites for hydroxylation is 1. The van der Waals surface area contributed by atoms with E-state index >= 15 is 0 Å². The summed E-state index contributed by atoms with van der Waals surface area (Å²) in [4.78, 5) is 39.3. The first-order chi connectivity index (χ1) is 14.0. The highest BCUT2D eigenvalue weighted by Crippen LogP contribution is 2.25. The highest BCUT2D eigenvalue weighted by Gasteiger charge is 2.35. The fraction of sp³-hybridized carbons (Fsp3) is 0.125. The van der Waals surface area contributed by atoms with Crippen molar-refractivity contribution in [1.29, 1.82) is 0 Å². The third kappa shape index (κ3) is 3.67. The number of amides is 3. The SMILES string of the molecule is Cc1ccccc1NC(=O)c1ccc2c(c1)C(=O)N(CCc1ccccc1)C2=O. The number of carbonyl (C=O) groups is 3. The van der Waals surface area contributed by atoms with Crippen LogP contribution in [0.25, 0.3) is 0 Å². The number of fused-ring (bicyclic) bond motifs is 1. The lowest BCUT2D eigenvalue weighted by Gasteiger charge is -2.13. The van der Waals surface area contributed by atoms with Gasteiger partial charge in [-0.15, -0.1) is 0 Å². The quantitative estimate of drug-likeness (QED) is 0.674. The normalized spacial score (nSPS) is 12.8. The first-order valence-electron chi connectivity index (χ1n) is 9.46. The van der Waals surface area contributed by atoms with E-state index in [4.69, 9.17) is 0 Å². The van der Waals surface area contributed by atoms with Gasteiger partial charge in [0.2, 0.25) is 0 Å². The predicted octanol–water partition coefficient (Wildman–Crippen LogP) is 4.09. The second-order valence-electron chi connectivity index (χ2n) is 7.03. The van der Waals surface area contributed by atoms with Crippen molar-refractivity contribution >= 4 is 23.4 Å².